The molecule has 1 heterocycles. The minimum atomic E-state index is -0.931. The highest BCUT2D eigenvalue weighted by molar-refractivity contribution is 6.49. The Balaban J connectivity index is 2.14. The molecule has 0 unspecified atom stereocenters. The molecule has 0 aromatic heterocycles. The summed E-state index contributed by atoms with van der Waals surface area (Å²) in [7, 11) is 1.13. The van der Waals surface area contributed by atoms with Gasteiger partial charge in [-0.05, 0) is 35.4 Å². The Hall–Kier alpha value is -2.83. The van der Waals surface area contributed by atoms with Gasteiger partial charge in [-0.25, -0.2) is 10.2 Å². The number of nitrogens with zero attached hydrogens (tertiary/aromatic N) is 1. The summed E-state index contributed by atoms with van der Waals surface area (Å²) in [4.78, 5) is 37.1. The monoisotopic (exact) mass is 390 g/mol. The van der Waals surface area contributed by atoms with E-state index in [9.17, 15) is 14.4 Å². The van der Waals surface area contributed by atoms with Crippen molar-refractivity contribution in [2.75, 3.05) is 7.11 Å². The predicted molar refractivity (Wildman–Crippen MR) is 97.1 cm³/mol. The van der Waals surface area contributed by atoms with E-state index in [2.05, 4.69) is 10.2 Å². The Morgan fingerprint density at radius 2 is 1.23 bits per heavy atom. The zero-order valence-electron chi connectivity index (χ0n) is 13.5. The number of methoxy groups -OCH3 is 1. The van der Waals surface area contributed by atoms with E-state index in [0.717, 1.165) is 7.11 Å². The summed E-state index contributed by atoms with van der Waals surface area (Å²) < 4.78 is 4.47. The van der Waals surface area contributed by atoms with Crippen molar-refractivity contribution < 1.29 is 19.1 Å². The van der Waals surface area contributed by atoms with Crippen LogP contribution in [-0.4, -0.2) is 30.0 Å². The van der Waals surface area contributed by atoms with Crippen molar-refractivity contribution in [1.82, 2.24) is 10.4 Å². The largest absolute Gasteiger partial charge is 0.452 e. The Morgan fingerprint density at radius 1 is 0.846 bits per heavy atom. The molecule has 1 aliphatic rings. The van der Waals surface area contributed by atoms with Gasteiger partial charge < -0.3 is 4.74 Å². The molecule has 132 valence electrons. The minimum Gasteiger partial charge on any atom is -0.452 e. The first-order valence-corrected chi connectivity index (χ1v) is 8.17. The molecule has 1 N–H and O–H groups in total. The lowest BCUT2D eigenvalue weighted by atomic mass is 9.96. The first kappa shape index (κ1) is 18.0. The number of imide groups is 1. The highest BCUT2D eigenvalue weighted by Gasteiger charge is 2.41. The highest BCUT2D eigenvalue weighted by Crippen LogP contribution is 2.35. The molecular weight excluding hydrogens is 379 g/mol. The fraction of sp³-hybridized carbons (Fsp3) is 0.0556. The third-order valence-electron chi connectivity index (χ3n) is 3.74. The van der Waals surface area contributed by atoms with Crippen molar-refractivity contribution in [3.63, 3.8) is 0 Å². The lowest BCUT2D eigenvalue weighted by molar-refractivity contribution is -0.139. The van der Waals surface area contributed by atoms with E-state index in [-0.39, 0.29) is 11.1 Å². The fourth-order valence-corrected chi connectivity index (χ4v) is 2.79. The first-order valence-electron chi connectivity index (χ1n) is 7.42. The number of carbonyl (C=O) groups is 3. The quantitative estimate of drug-likeness (QED) is 0.813. The summed E-state index contributed by atoms with van der Waals surface area (Å²) in [6.45, 7) is 0. The summed E-state index contributed by atoms with van der Waals surface area (Å²) in [5, 5.41) is 1.60. The zero-order chi connectivity index (χ0) is 18.8. The van der Waals surface area contributed by atoms with E-state index >= 15 is 0 Å². The average molecular weight is 391 g/mol. The van der Waals surface area contributed by atoms with Gasteiger partial charge in [-0.3, -0.25) is 9.59 Å². The molecule has 6 nitrogen and oxygen atoms in total. The number of rotatable bonds is 3. The van der Waals surface area contributed by atoms with E-state index in [1.54, 1.807) is 48.5 Å². The van der Waals surface area contributed by atoms with E-state index in [1.807, 2.05) is 0 Å². The van der Waals surface area contributed by atoms with Gasteiger partial charge in [0.05, 0.1) is 18.3 Å². The maximum absolute atomic E-state index is 12.8. The Labute approximate surface area is 158 Å². The molecule has 3 rings (SSSR count). The second-order valence-electron chi connectivity index (χ2n) is 5.31. The van der Waals surface area contributed by atoms with Crippen molar-refractivity contribution >= 4 is 52.3 Å². The second kappa shape index (κ2) is 7.19. The number of hydrazine groups is 1. The third kappa shape index (κ3) is 3.29. The zero-order valence-corrected chi connectivity index (χ0v) is 15.0. The van der Waals surface area contributed by atoms with Gasteiger partial charge in [0.1, 0.15) is 0 Å². The summed E-state index contributed by atoms with van der Waals surface area (Å²) in [6.07, 6.45) is -0.931. The van der Waals surface area contributed by atoms with Crippen LogP contribution in [0.1, 0.15) is 11.1 Å². The van der Waals surface area contributed by atoms with Crippen LogP contribution in [0.25, 0.3) is 11.1 Å². The molecule has 0 atom stereocenters. The maximum atomic E-state index is 12.8. The lowest BCUT2D eigenvalue weighted by Crippen LogP contribution is -2.46. The van der Waals surface area contributed by atoms with E-state index in [1.165, 1.54) is 0 Å². The summed E-state index contributed by atoms with van der Waals surface area (Å²) >= 11 is 11.8. The van der Waals surface area contributed by atoms with Crippen LogP contribution in [0.2, 0.25) is 10.0 Å². The van der Waals surface area contributed by atoms with E-state index in [4.69, 9.17) is 23.2 Å². The van der Waals surface area contributed by atoms with Gasteiger partial charge in [-0.2, -0.15) is 5.01 Å². The van der Waals surface area contributed by atoms with Crippen LogP contribution in [0.3, 0.4) is 0 Å². The third-order valence-corrected chi connectivity index (χ3v) is 4.24. The molecule has 0 spiro atoms. The summed E-state index contributed by atoms with van der Waals surface area (Å²) in [5.41, 5.74) is 3.40. The minimum absolute atomic E-state index is 0.144. The number of hydrogen-bond acceptors (Lipinski definition) is 4. The van der Waals surface area contributed by atoms with Crippen LogP contribution in [0.5, 0.6) is 0 Å². The number of benzene rings is 2. The number of nitrogens with one attached hydrogen (secondary N) is 1. The number of amides is 3. The topological polar surface area (TPSA) is 75.7 Å². The van der Waals surface area contributed by atoms with Crippen LogP contribution in [0.15, 0.2) is 48.5 Å². The van der Waals surface area contributed by atoms with Crippen LogP contribution in [0.4, 0.5) is 4.79 Å². The normalized spacial score (nSPS) is 14.0. The smallest absolute Gasteiger partial charge is 0.426 e. The van der Waals surface area contributed by atoms with Gasteiger partial charge in [0.15, 0.2) is 0 Å². The molecular formula is C18H12Cl2N2O4. The highest BCUT2D eigenvalue weighted by atomic mass is 35.5. The number of carbonyl (C=O) groups excluding carboxylic acids is 3. The SMILES string of the molecule is COC(=O)NN1C(=O)C(c2ccc(Cl)cc2)=C(c2ccc(Cl)cc2)C1=O. The fourth-order valence-electron chi connectivity index (χ4n) is 2.54. The van der Waals surface area contributed by atoms with Crippen LogP contribution < -0.4 is 5.43 Å². The van der Waals surface area contributed by atoms with Gasteiger partial charge in [-0.1, -0.05) is 47.5 Å². The predicted octanol–water partition coefficient (Wildman–Crippen LogP) is 3.54. The molecule has 0 saturated heterocycles. The molecule has 2 aromatic rings. The van der Waals surface area contributed by atoms with Crippen molar-refractivity contribution in [3.8, 4) is 0 Å². The molecule has 8 heteroatoms. The number of hydrogen-bond donors (Lipinski definition) is 1. The second-order valence-corrected chi connectivity index (χ2v) is 6.19. The standard InChI is InChI=1S/C18H12Cl2N2O4/c1-26-18(25)21-22-16(23)14(10-2-6-12(19)7-3-10)15(17(22)24)11-4-8-13(20)9-5-11/h2-9H,1H3,(H,21,25). The maximum Gasteiger partial charge on any atom is 0.426 e. The van der Waals surface area contributed by atoms with Gasteiger partial charge >= 0.3 is 6.09 Å². The molecule has 26 heavy (non-hydrogen) atoms. The molecule has 0 radical (unpaired) electrons. The molecule has 0 fully saturated rings. The van der Waals surface area contributed by atoms with E-state index < -0.39 is 17.9 Å². The van der Waals surface area contributed by atoms with E-state index in [0.29, 0.717) is 26.2 Å². The Kier molecular flexibility index (Phi) is 4.97. The van der Waals surface area contributed by atoms with Gasteiger partial charge in [0.2, 0.25) is 0 Å². The van der Waals surface area contributed by atoms with Crippen LogP contribution >= 0.6 is 23.2 Å². The summed E-state index contributed by atoms with van der Waals surface area (Å²) in [5.74, 6) is -1.35. The molecule has 0 aliphatic carbocycles. The average Bonchev–Trinajstić information content (AvgIpc) is 2.88. The molecule has 1 aliphatic heterocycles. The van der Waals surface area contributed by atoms with Gasteiger partial charge in [0.25, 0.3) is 11.8 Å². The molecule has 2 aromatic carbocycles. The summed E-state index contributed by atoms with van der Waals surface area (Å²) in [6, 6.07) is 12.9. The van der Waals surface area contributed by atoms with Gasteiger partial charge in [0, 0.05) is 10.0 Å². The Bertz CT molecular complexity index is 854. The van der Waals surface area contributed by atoms with Crippen LogP contribution in [0, 0.1) is 0 Å². The van der Waals surface area contributed by atoms with Crippen molar-refractivity contribution in [1.29, 1.82) is 0 Å². The number of halogens is 2. The van der Waals surface area contributed by atoms with Gasteiger partial charge in [-0.15, -0.1) is 0 Å². The first-order chi connectivity index (χ1) is 12.4. The lowest BCUT2D eigenvalue weighted by Gasteiger charge is -2.15. The molecule has 0 saturated carbocycles. The van der Waals surface area contributed by atoms with Crippen molar-refractivity contribution in [2.45, 2.75) is 0 Å². The number of ether oxygens (including phenoxy) is 1. The van der Waals surface area contributed by atoms with Crippen LogP contribution in [-0.2, 0) is 14.3 Å². The Morgan fingerprint density at radius 3 is 1.58 bits per heavy atom. The molecule has 0 bridgehead atoms. The van der Waals surface area contributed by atoms with Crippen molar-refractivity contribution in [2.24, 2.45) is 0 Å². The molecule has 3 amide bonds. The van der Waals surface area contributed by atoms with Crippen molar-refractivity contribution in [3.05, 3.63) is 69.7 Å².